The van der Waals surface area contributed by atoms with Crippen LogP contribution in [0.2, 0.25) is 5.02 Å². The summed E-state index contributed by atoms with van der Waals surface area (Å²) in [5.74, 6) is 0.704. The Morgan fingerprint density at radius 2 is 1.74 bits per heavy atom. The molecule has 39 heavy (non-hydrogen) atoms. The van der Waals surface area contributed by atoms with Crippen LogP contribution in [0, 0.1) is 23.0 Å². The number of halogens is 1. The van der Waals surface area contributed by atoms with E-state index in [1.54, 1.807) is 27.7 Å². The fourth-order valence-corrected chi connectivity index (χ4v) is 4.44. The molecule has 1 atom stereocenters. The molecular formula is C29H30ClN5O4. The summed E-state index contributed by atoms with van der Waals surface area (Å²) in [6, 6.07) is 17.1. The molecule has 0 bridgehead atoms. The smallest absolute Gasteiger partial charge is 0.315 e. The van der Waals surface area contributed by atoms with Crippen molar-refractivity contribution in [2.75, 3.05) is 11.9 Å². The number of non-ortho nitro benzene ring substituents is 1. The Bertz CT molecular complexity index is 1570. The number of urea groups is 1. The van der Waals surface area contributed by atoms with Gasteiger partial charge >= 0.3 is 6.03 Å². The van der Waals surface area contributed by atoms with Gasteiger partial charge in [0.2, 0.25) is 0 Å². The minimum atomic E-state index is -0.612. The van der Waals surface area contributed by atoms with Gasteiger partial charge in [-0.2, -0.15) is 0 Å². The molecule has 1 unspecified atom stereocenters. The molecule has 0 fully saturated rings. The van der Waals surface area contributed by atoms with Gasteiger partial charge in [0, 0.05) is 29.4 Å². The highest BCUT2D eigenvalue weighted by Crippen LogP contribution is 2.26. The number of carbonyl (C=O) groups is 1. The number of anilines is 1. The van der Waals surface area contributed by atoms with Crippen LogP contribution in [0.25, 0.3) is 16.6 Å². The van der Waals surface area contributed by atoms with Crippen molar-refractivity contribution in [3.63, 3.8) is 0 Å². The van der Waals surface area contributed by atoms with Gasteiger partial charge in [0.25, 0.3) is 11.2 Å². The lowest BCUT2D eigenvalue weighted by Crippen LogP contribution is -2.40. The number of nitro groups is 1. The van der Waals surface area contributed by atoms with Crippen LogP contribution < -0.4 is 10.9 Å². The van der Waals surface area contributed by atoms with Gasteiger partial charge in [-0.1, -0.05) is 43.1 Å². The van der Waals surface area contributed by atoms with Crippen LogP contribution in [0.5, 0.6) is 0 Å². The van der Waals surface area contributed by atoms with E-state index in [1.165, 1.54) is 24.3 Å². The predicted octanol–water partition coefficient (Wildman–Crippen LogP) is 6.90. The second-order valence-corrected chi connectivity index (χ2v) is 10.3. The van der Waals surface area contributed by atoms with Crippen molar-refractivity contribution in [3.05, 3.63) is 104 Å². The van der Waals surface area contributed by atoms with Crippen molar-refractivity contribution in [1.82, 2.24) is 14.5 Å². The number of amides is 2. The molecule has 0 aliphatic rings. The SMILES string of the molecule is Cc1ccc(-n2c(C(C)N(CCC(C)C)C(=O)Nc3ccc([N+](=O)[O-])cc3)nc3cc(Cl)ccc3c2=O)cc1. The molecule has 0 aliphatic carbocycles. The number of carbonyl (C=O) groups excluding carboxylic acids is 1. The highest BCUT2D eigenvalue weighted by Gasteiger charge is 2.27. The Balaban J connectivity index is 1.81. The molecule has 9 nitrogen and oxygen atoms in total. The van der Waals surface area contributed by atoms with Crippen LogP contribution >= 0.6 is 11.6 Å². The second-order valence-electron chi connectivity index (χ2n) is 9.89. The van der Waals surface area contributed by atoms with E-state index in [4.69, 9.17) is 16.6 Å². The molecule has 1 aromatic heterocycles. The van der Waals surface area contributed by atoms with Crippen LogP contribution in [-0.4, -0.2) is 32.0 Å². The number of nitrogens with one attached hydrogen (secondary N) is 1. The molecule has 0 saturated carbocycles. The van der Waals surface area contributed by atoms with Crippen molar-refractivity contribution in [2.45, 2.75) is 40.2 Å². The summed E-state index contributed by atoms with van der Waals surface area (Å²) in [5.41, 5.74) is 2.21. The molecule has 1 heterocycles. The maximum atomic E-state index is 13.8. The number of nitrogens with zero attached hydrogens (tertiary/aromatic N) is 4. The van der Waals surface area contributed by atoms with E-state index in [2.05, 4.69) is 19.2 Å². The lowest BCUT2D eigenvalue weighted by atomic mass is 10.1. The maximum absolute atomic E-state index is 13.8. The zero-order valence-electron chi connectivity index (χ0n) is 22.2. The summed E-state index contributed by atoms with van der Waals surface area (Å²) in [7, 11) is 0. The molecule has 10 heteroatoms. The summed E-state index contributed by atoms with van der Waals surface area (Å²) in [5, 5.41) is 14.7. The Labute approximate surface area is 231 Å². The molecule has 4 aromatic rings. The fraction of sp³-hybridized carbons (Fsp3) is 0.276. The fourth-order valence-electron chi connectivity index (χ4n) is 4.27. The number of fused-ring (bicyclic) bond motifs is 1. The summed E-state index contributed by atoms with van der Waals surface area (Å²) in [4.78, 5) is 44.4. The molecule has 2 amide bonds. The van der Waals surface area contributed by atoms with Gasteiger partial charge < -0.3 is 10.2 Å². The molecule has 0 saturated heterocycles. The van der Waals surface area contributed by atoms with Gasteiger partial charge in [0.15, 0.2) is 0 Å². The van der Waals surface area contributed by atoms with Crippen molar-refractivity contribution in [2.24, 2.45) is 5.92 Å². The molecule has 1 N–H and O–H groups in total. The summed E-state index contributed by atoms with van der Waals surface area (Å²) < 4.78 is 1.54. The topological polar surface area (TPSA) is 110 Å². The van der Waals surface area contributed by atoms with Gasteiger partial charge in [-0.25, -0.2) is 9.78 Å². The van der Waals surface area contributed by atoms with E-state index in [0.717, 1.165) is 5.56 Å². The largest absolute Gasteiger partial charge is 0.322 e. The van der Waals surface area contributed by atoms with Crippen LogP contribution in [0.15, 0.2) is 71.5 Å². The molecule has 202 valence electrons. The highest BCUT2D eigenvalue weighted by atomic mass is 35.5. The molecule has 0 aliphatic heterocycles. The lowest BCUT2D eigenvalue weighted by molar-refractivity contribution is -0.384. The van der Waals surface area contributed by atoms with Crippen molar-refractivity contribution >= 4 is 39.9 Å². The van der Waals surface area contributed by atoms with E-state index in [9.17, 15) is 19.7 Å². The Kier molecular flexibility index (Phi) is 8.30. The maximum Gasteiger partial charge on any atom is 0.322 e. The average molecular weight is 548 g/mol. The number of nitro benzene ring substituents is 1. The Morgan fingerprint density at radius 3 is 2.36 bits per heavy atom. The van der Waals surface area contributed by atoms with E-state index in [-0.39, 0.29) is 11.2 Å². The minimum absolute atomic E-state index is 0.0702. The van der Waals surface area contributed by atoms with Crippen molar-refractivity contribution < 1.29 is 9.72 Å². The zero-order valence-corrected chi connectivity index (χ0v) is 23.0. The number of benzene rings is 3. The molecule has 4 rings (SSSR count). The monoisotopic (exact) mass is 547 g/mol. The standard InChI is InChI=1S/C29H30ClN5O4/c1-18(2)15-16-33(29(37)31-22-8-12-24(13-9-22)35(38)39)20(4)27-32-26-17-21(30)7-14-25(26)28(36)34(27)23-10-5-19(3)6-11-23/h5-14,17-18,20H,15-16H2,1-4H3,(H,31,37). The van der Waals surface area contributed by atoms with E-state index in [0.29, 0.717) is 52.0 Å². The summed E-state index contributed by atoms with van der Waals surface area (Å²) in [6.45, 7) is 8.33. The summed E-state index contributed by atoms with van der Waals surface area (Å²) >= 11 is 6.23. The van der Waals surface area contributed by atoms with Gasteiger partial charge in [-0.05, 0) is 68.7 Å². The van der Waals surface area contributed by atoms with E-state index < -0.39 is 17.0 Å². The Hall–Kier alpha value is -4.24. The molecular weight excluding hydrogens is 518 g/mol. The third kappa shape index (κ3) is 6.26. The van der Waals surface area contributed by atoms with Gasteiger partial charge in [-0.15, -0.1) is 0 Å². The van der Waals surface area contributed by atoms with E-state index >= 15 is 0 Å². The first-order chi connectivity index (χ1) is 18.5. The van der Waals surface area contributed by atoms with Gasteiger partial charge in [-0.3, -0.25) is 19.5 Å². The number of aromatic nitrogens is 2. The van der Waals surface area contributed by atoms with Crippen molar-refractivity contribution in [1.29, 1.82) is 0 Å². The number of aryl methyl sites for hydroxylation is 1. The van der Waals surface area contributed by atoms with Gasteiger partial charge in [0.1, 0.15) is 5.82 Å². The van der Waals surface area contributed by atoms with Crippen LogP contribution in [-0.2, 0) is 0 Å². The number of rotatable bonds is 8. The van der Waals surface area contributed by atoms with Gasteiger partial charge in [0.05, 0.1) is 27.6 Å². The third-order valence-corrected chi connectivity index (χ3v) is 6.76. The number of hydrogen-bond acceptors (Lipinski definition) is 5. The van der Waals surface area contributed by atoms with Crippen LogP contribution in [0.1, 0.15) is 44.6 Å². The first-order valence-electron chi connectivity index (χ1n) is 12.7. The molecule has 0 spiro atoms. The lowest BCUT2D eigenvalue weighted by Gasteiger charge is -2.31. The quantitative estimate of drug-likeness (QED) is 0.190. The zero-order chi connectivity index (χ0) is 28.3. The predicted molar refractivity (Wildman–Crippen MR) is 154 cm³/mol. The Morgan fingerprint density at radius 1 is 1.08 bits per heavy atom. The second kappa shape index (κ2) is 11.7. The third-order valence-electron chi connectivity index (χ3n) is 6.53. The van der Waals surface area contributed by atoms with Crippen molar-refractivity contribution in [3.8, 4) is 5.69 Å². The molecule has 3 aromatic carbocycles. The summed E-state index contributed by atoms with van der Waals surface area (Å²) in [6.07, 6.45) is 0.714. The normalized spacial score (nSPS) is 11.9. The number of hydrogen-bond donors (Lipinski definition) is 1. The van der Waals surface area contributed by atoms with Crippen LogP contribution in [0.4, 0.5) is 16.2 Å². The first-order valence-corrected chi connectivity index (χ1v) is 13.0. The van der Waals surface area contributed by atoms with E-state index in [1.807, 2.05) is 38.1 Å². The minimum Gasteiger partial charge on any atom is -0.315 e. The molecule has 0 radical (unpaired) electrons. The first kappa shape index (κ1) is 27.8. The highest BCUT2D eigenvalue weighted by molar-refractivity contribution is 6.31. The van der Waals surface area contributed by atoms with Crippen LogP contribution in [0.3, 0.4) is 0 Å². The average Bonchev–Trinajstić information content (AvgIpc) is 2.89.